The van der Waals surface area contributed by atoms with E-state index in [4.69, 9.17) is 5.73 Å². The lowest BCUT2D eigenvalue weighted by Gasteiger charge is -2.07. The van der Waals surface area contributed by atoms with E-state index in [0.29, 0.717) is 0 Å². The van der Waals surface area contributed by atoms with Gasteiger partial charge in [-0.2, -0.15) is 11.3 Å². The molecule has 3 N–H and O–H groups in total. The molecule has 20 heavy (non-hydrogen) atoms. The number of sulfonamides is 1. The number of nitrogens with two attached hydrogens (primary N) is 1. The lowest BCUT2D eigenvalue weighted by Crippen LogP contribution is -2.24. The van der Waals surface area contributed by atoms with Crippen molar-refractivity contribution >= 4 is 32.7 Å². The van der Waals surface area contributed by atoms with Crippen molar-refractivity contribution in [3.8, 4) is 0 Å². The van der Waals surface area contributed by atoms with Crippen molar-refractivity contribution in [2.75, 3.05) is 5.73 Å². The molecular formula is C11H11N3O4S2. The number of hydrogen-bond acceptors (Lipinski definition) is 6. The van der Waals surface area contributed by atoms with Crippen LogP contribution in [0, 0.1) is 10.1 Å². The Kier molecular flexibility index (Phi) is 4.02. The number of nitro groups is 1. The molecule has 0 amide bonds. The Morgan fingerprint density at radius 3 is 2.70 bits per heavy atom. The molecule has 7 nitrogen and oxygen atoms in total. The minimum absolute atomic E-state index is 0.0672. The minimum atomic E-state index is -4.00. The van der Waals surface area contributed by atoms with Gasteiger partial charge in [0.05, 0.1) is 4.92 Å². The van der Waals surface area contributed by atoms with Crippen molar-refractivity contribution in [3.05, 3.63) is 50.7 Å². The van der Waals surface area contributed by atoms with Crippen LogP contribution in [0.5, 0.6) is 0 Å². The Bertz CT molecular complexity index is 726. The molecule has 0 unspecified atom stereocenters. The smallest absolute Gasteiger partial charge is 0.312 e. The largest absolute Gasteiger partial charge is 0.393 e. The van der Waals surface area contributed by atoms with Crippen molar-refractivity contribution in [3.63, 3.8) is 0 Å². The van der Waals surface area contributed by atoms with E-state index < -0.39 is 25.5 Å². The topological polar surface area (TPSA) is 115 Å². The summed E-state index contributed by atoms with van der Waals surface area (Å²) < 4.78 is 26.6. The number of benzene rings is 1. The number of rotatable bonds is 5. The Hall–Kier alpha value is -1.97. The van der Waals surface area contributed by atoms with Crippen molar-refractivity contribution in [2.24, 2.45) is 0 Å². The van der Waals surface area contributed by atoms with Crippen LogP contribution in [0.15, 0.2) is 39.9 Å². The number of para-hydroxylation sites is 1. The van der Waals surface area contributed by atoms with Gasteiger partial charge in [-0.05, 0) is 34.5 Å². The van der Waals surface area contributed by atoms with E-state index in [1.54, 1.807) is 11.4 Å². The zero-order valence-electron chi connectivity index (χ0n) is 10.1. The van der Waals surface area contributed by atoms with Gasteiger partial charge in [0.2, 0.25) is 10.0 Å². The molecule has 0 saturated carbocycles. The van der Waals surface area contributed by atoms with Gasteiger partial charge in [-0.15, -0.1) is 0 Å². The normalized spacial score (nSPS) is 11.4. The number of nitrogen functional groups attached to an aromatic ring is 1. The lowest BCUT2D eigenvalue weighted by atomic mass is 10.3. The first-order valence-electron chi connectivity index (χ1n) is 5.45. The maximum atomic E-state index is 12.1. The summed E-state index contributed by atoms with van der Waals surface area (Å²) in [5, 5.41) is 14.6. The molecule has 9 heteroatoms. The van der Waals surface area contributed by atoms with Gasteiger partial charge in [0, 0.05) is 6.54 Å². The molecule has 0 fully saturated rings. The second-order valence-corrected chi connectivity index (χ2v) is 6.42. The predicted octanol–water partition coefficient (Wildman–Crippen LogP) is 1.72. The van der Waals surface area contributed by atoms with Crippen molar-refractivity contribution in [1.29, 1.82) is 0 Å². The average Bonchev–Trinajstić information content (AvgIpc) is 2.89. The average molecular weight is 313 g/mol. The Labute approximate surface area is 119 Å². The Morgan fingerprint density at radius 2 is 2.10 bits per heavy atom. The van der Waals surface area contributed by atoms with E-state index in [9.17, 15) is 18.5 Å². The van der Waals surface area contributed by atoms with Gasteiger partial charge in [-0.25, -0.2) is 13.1 Å². The zero-order valence-corrected chi connectivity index (χ0v) is 11.8. The SMILES string of the molecule is Nc1cccc(S(=O)(=O)NCc2ccsc2)c1[N+](=O)[O-]. The summed E-state index contributed by atoms with van der Waals surface area (Å²) in [6.45, 7) is 0.0672. The van der Waals surface area contributed by atoms with Crippen LogP contribution in [0.2, 0.25) is 0 Å². The number of anilines is 1. The van der Waals surface area contributed by atoms with Gasteiger partial charge in [-0.1, -0.05) is 6.07 Å². The molecule has 0 aliphatic rings. The third-order valence-electron chi connectivity index (χ3n) is 2.55. The van der Waals surface area contributed by atoms with Crippen LogP contribution in [0.3, 0.4) is 0 Å². The van der Waals surface area contributed by atoms with E-state index in [2.05, 4.69) is 4.72 Å². The summed E-state index contributed by atoms with van der Waals surface area (Å²) in [5.41, 5.74) is 5.47. The number of hydrogen-bond donors (Lipinski definition) is 2. The molecular weight excluding hydrogens is 302 g/mol. The van der Waals surface area contributed by atoms with Crippen LogP contribution in [-0.2, 0) is 16.6 Å². The summed E-state index contributed by atoms with van der Waals surface area (Å²) in [6, 6.07) is 5.57. The highest BCUT2D eigenvalue weighted by molar-refractivity contribution is 7.89. The first-order chi connectivity index (χ1) is 9.42. The van der Waals surface area contributed by atoms with E-state index in [1.165, 1.54) is 23.5 Å². The van der Waals surface area contributed by atoms with Crippen molar-refractivity contribution < 1.29 is 13.3 Å². The van der Waals surface area contributed by atoms with Gasteiger partial charge in [0.1, 0.15) is 5.69 Å². The number of nitrogens with one attached hydrogen (secondary N) is 1. The fraction of sp³-hybridized carbons (Fsp3) is 0.0909. The fourth-order valence-electron chi connectivity index (χ4n) is 1.60. The van der Waals surface area contributed by atoms with Gasteiger partial charge in [-0.3, -0.25) is 10.1 Å². The summed E-state index contributed by atoms with van der Waals surface area (Å²) >= 11 is 1.43. The molecule has 1 aromatic heterocycles. The van der Waals surface area contributed by atoms with Crippen LogP contribution in [0.1, 0.15) is 5.56 Å². The molecule has 0 spiro atoms. The van der Waals surface area contributed by atoms with E-state index in [0.717, 1.165) is 11.6 Å². The standard InChI is InChI=1S/C11H11N3O4S2/c12-9-2-1-3-10(11(9)14(15)16)20(17,18)13-6-8-4-5-19-7-8/h1-5,7,13H,6,12H2. The first kappa shape index (κ1) is 14.4. The third-order valence-corrected chi connectivity index (χ3v) is 4.71. The van der Waals surface area contributed by atoms with Crippen LogP contribution >= 0.6 is 11.3 Å². The van der Waals surface area contributed by atoms with Gasteiger partial charge in [0.15, 0.2) is 4.90 Å². The number of nitro benzene ring substituents is 1. The van der Waals surface area contributed by atoms with Crippen molar-refractivity contribution in [1.82, 2.24) is 4.72 Å². The van der Waals surface area contributed by atoms with E-state index >= 15 is 0 Å². The molecule has 106 valence electrons. The highest BCUT2D eigenvalue weighted by atomic mass is 32.2. The Balaban J connectivity index is 2.34. The molecule has 0 bridgehead atoms. The van der Waals surface area contributed by atoms with Crippen LogP contribution in [-0.4, -0.2) is 13.3 Å². The fourth-order valence-corrected chi connectivity index (χ4v) is 3.49. The molecule has 2 rings (SSSR count). The maximum absolute atomic E-state index is 12.1. The highest BCUT2D eigenvalue weighted by Crippen LogP contribution is 2.29. The molecule has 0 saturated heterocycles. The molecule has 1 heterocycles. The monoisotopic (exact) mass is 313 g/mol. The first-order valence-corrected chi connectivity index (χ1v) is 7.88. The molecule has 0 atom stereocenters. The quantitative estimate of drug-likeness (QED) is 0.495. The Morgan fingerprint density at radius 1 is 1.35 bits per heavy atom. The number of thiophene rings is 1. The summed E-state index contributed by atoms with van der Waals surface area (Å²) in [6.07, 6.45) is 0. The highest BCUT2D eigenvalue weighted by Gasteiger charge is 2.27. The zero-order chi connectivity index (χ0) is 14.8. The summed E-state index contributed by atoms with van der Waals surface area (Å²) in [4.78, 5) is 9.73. The maximum Gasteiger partial charge on any atom is 0.312 e. The summed E-state index contributed by atoms with van der Waals surface area (Å²) in [5.74, 6) is 0. The van der Waals surface area contributed by atoms with Crippen LogP contribution in [0.25, 0.3) is 0 Å². The molecule has 2 aromatic rings. The third kappa shape index (κ3) is 2.95. The van der Waals surface area contributed by atoms with Crippen molar-refractivity contribution in [2.45, 2.75) is 11.4 Å². The molecule has 0 radical (unpaired) electrons. The lowest BCUT2D eigenvalue weighted by molar-refractivity contribution is -0.386. The van der Waals surface area contributed by atoms with E-state index in [1.807, 2.05) is 5.38 Å². The number of nitrogens with zero attached hydrogens (tertiary/aromatic N) is 1. The molecule has 0 aliphatic carbocycles. The van der Waals surface area contributed by atoms with Crippen LogP contribution in [0.4, 0.5) is 11.4 Å². The second-order valence-electron chi connectivity index (χ2n) is 3.91. The summed E-state index contributed by atoms with van der Waals surface area (Å²) in [7, 11) is -4.00. The van der Waals surface area contributed by atoms with Crippen LogP contribution < -0.4 is 10.5 Å². The molecule has 1 aromatic carbocycles. The van der Waals surface area contributed by atoms with Gasteiger partial charge in [0.25, 0.3) is 0 Å². The predicted molar refractivity (Wildman–Crippen MR) is 75.9 cm³/mol. The van der Waals surface area contributed by atoms with Gasteiger partial charge >= 0.3 is 5.69 Å². The van der Waals surface area contributed by atoms with E-state index in [-0.39, 0.29) is 12.2 Å². The minimum Gasteiger partial charge on any atom is -0.393 e. The second kappa shape index (κ2) is 5.57. The molecule has 0 aliphatic heterocycles. The van der Waals surface area contributed by atoms with Gasteiger partial charge < -0.3 is 5.73 Å².